The Balaban J connectivity index is 2.33. The number of nitrogens with one attached hydrogen (secondary N) is 1. The summed E-state index contributed by atoms with van der Waals surface area (Å²) in [6.45, 7) is 2.85. The first-order chi connectivity index (χ1) is 7.19. The number of hydrogen-bond donors (Lipinski definition) is 3. The summed E-state index contributed by atoms with van der Waals surface area (Å²) in [6.07, 6.45) is 3.34. The molecule has 1 aliphatic carbocycles. The average Bonchev–Trinajstić information content (AvgIpc) is 2.73. The second-order valence-electron chi connectivity index (χ2n) is 4.34. The van der Waals surface area contributed by atoms with Crippen LogP contribution in [0, 0.1) is 11.8 Å². The Morgan fingerprint density at radius 1 is 1.60 bits per heavy atom. The Kier molecular flexibility index (Phi) is 5.05. The van der Waals surface area contributed by atoms with Crippen molar-refractivity contribution in [1.82, 2.24) is 5.32 Å². The van der Waals surface area contributed by atoms with E-state index in [9.17, 15) is 9.90 Å². The summed E-state index contributed by atoms with van der Waals surface area (Å²) < 4.78 is 0. The molecule has 88 valence electrons. The van der Waals surface area contributed by atoms with E-state index in [0.717, 1.165) is 19.3 Å². The zero-order valence-electron chi connectivity index (χ0n) is 9.41. The molecule has 4 heteroatoms. The van der Waals surface area contributed by atoms with Gasteiger partial charge >= 0.3 is 0 Å². The van der Waals surface area contributed by atoms with Gasteiger partial charge in [0.25, 0.3) is 0 Å². The maximum atomic E-state index is 11.8. The summed E-state index contributed by atoms with van der Waals surface area (Å²) in [5.41, 5.74) is 5.61. The van der Waals surface area contributed by atoms with Gasteiger partial charge in [0.2, 0.25) is 5.91 Å². The molecule has 1 aliphatic rings. The fourth-order valence-corrected chi connectivity index (χ4v) is 2.16. The molecule has 0 heterocycles. The normalized spacial score (nSPS) is 27.7. The summed E-state index contributed by atoms with van der Waals surface area (Å²) in [5.74, 6) is 0.471. The highest BCUT2D eigenvalue weighted by Crippen LogP contribution is 2.30. The van der Waals surface area contributed by atoms with Crippen LogP contribution < -0.4 is 11.1 Å². The molecule has 3 unspecified atom stereocenters. The molecule has 0 aliphatic heterocycles. The molecule has 3 atom stereocenters. The van der Waals surface area contributed by atoms with Gasteiger partial charge in [0.15, 0.2) is 0 Å². The first-order valence-corrected chi connectivity index (χ1v) is 5.84. The summed E-state index contributed by atoms with van der Waals surface area (Å²) in [7, 11) is 0. The van der Waals surface area contributed by atoms with Crippen LogP contribution in [0.25, 0.3) is 0 Å². The Labute approximate surface area is 91.2 Å². The number of carbonyl (C=O) groups is 1. The van der Waals surface area contributed by atoms with E-state index in [1.807, 2.05) is 6.92 Å². The second-order valence-corrected chi connectivity index (χ2v) is 4.34. The Bertz CT molecular complexity index is 209. The number of aliphatic hydroxyl groups is 1. The Morgan fingerprint density at radius 2 is 2.33 bits per heavy atom. The van der Waals surface area contributed by atoms with Crippen molar-refractivity contribution >= 4 is 5.91 Å². The topological polar surface area (TPSA) is 75.3 Å². The third-order valence-electron chi connectivity index (χ3n) is 3.28. The molecular weight excluding hydrogens is 192 g/mol. The molecule has 15 heavy (non-hydrogen) atoms. The van der Waals surface area contributed by atoms with E-state index in [0.29, 0.717) is 25.4 Å². The number of nitrogens with two attached hydrogens (primary N) is 1. The largest absolute Gasteiger partial charge is 0.391 e. The van der Waals surface area contributed by atoms with E-state index in [1.165, 1.54) is 0 Å². The molecule has 0 aromatic carbocycles. The van der Waals surface area contributed by atoms with Crippen molar-refractivity contribution in [3.05, 3.63) is 0 Å². The molecule has 0 radical (unpaired) electrons. The van der Waals surface area contributed by atoms with Crippen molar-refractivity contribution in [1.29, 1.82) is 0 Å². The lowest BCUT2D eigenvalue weighted by Gasteiger charge is -2.18. The van der Waals surface area contributed by atoms with Gasteiger partial charge in [-0.2, -0.15) is 0 Å². The minimum atomic E-state index is -0.424. The van der Waals surface area contributed by atoms with Crippen molar-refractivity contribution in [2.24, 2.45) is 17.6 Å². The van der Waals surface area contributed by atoms with Gasteiger partial charge in [-0.3, -0.25) is 4.79 Å². The molecular formula is C11H22N2O2. The average molecular weight is 214 g/mol. The highest BCUT2D eigenvalue weighted by molar-refractivity contribution is 5.79. The second kappa shape index (κ2) is 6.08. The smallest absolute Gasteiger partial charge is 0.223 e. The van der Waals surface area contributed by atoms with Crippen LogP contribution in [-0.2, 0) is 4.79 Å². The van der Waals surface area contributed by atoms with Crippen molar-refractivity contribution in [2.75, 3.05) is 13.1 Å². The standard InChI is InChI=1S/C11H22N2O2/c1-2-9(14)7-13-11(15)10-5-3-4-8(10)6-12/h8-10,14H,2-7,12H2,1H3,(H,13,15). The number of carbonyl (C=O) groups excluding carboxylic acids is 1. The molecule has 0 bridgehead atoms. The van der Waals surface area contributed by atoms with Gasteiger partial charge in [0, 0.05) is 12.5 Å². The third-order valence-corrected chi connectivity index (χ3v) is 3.28. The molecule has 4 N–H and O–H groups in total. The Morgan fingerprint density at radius 3 is 2.93 bits per heavy atom. The quantitative estimate of drug-likeness (QED) is 0.614. The monoisotopic (exact) mass is 214 g/mol. The summed E-state index contributed by atoms with van der Waals surface area (Å²) >= 11 is 0. The predicted octanol–water partition coefficient (Wildman–Crippen LogP) is 0.249. The summed E-state index contributed by atoms with van der Waals surface area (Å²) in [4.78, 5) is 11.8. The van der Waals surface area contributed by atoms with E-state index >= 15 is 0 Å². The molecule has 0 aromatic heterocycles. The Hall–Kier alpha value is -0.610. The van der Waals surface area contributed by atoms with Gasteiger partial charge < -0.3 is 16.2 Å². The molecule has 0 spiro atoms. The van der Waals surface area contributed by atoms with Gasteiger partial charge in [-0.25, -0.2) is 0 Å². The zero-order valence-corrected chi connectivity index (χ0v) is 9.41. The minimum absolute atomic E-state index is 0.0652. The van der Waals surface area contributed by atoms with E-state index in [2.05, 4.69) is 5.32 Å². The molecule has 1 fully saturated rings. The predicted molar refractivity (Wildman–Crippen MR) is 59.2 cm³/mol. The highest BCUT2D eigenvalue weighted by atomic mass is 16.3. The molecule has 1 amide bonds. The van der Waals surface area contributed by atoms with Crippen LogP contribution in [0.15, 0.2) is 0 Å². The van der Waals surface area contributed by atoms with Gasteiger partial charge in [0.05, 0.1) is 6.10 Å². The van der Waals surface area contributed by atoms with Crippen molar-refractivity contribution < 1.29 is 9.90 Å². The van der Waals surface area contributed by atoms with E-state index in [-0.39, 0.29) is 11.8 Å². The first-order valence-electron chi connectivity index (χ1n) is 5.84. The van der Waals surface area contributed by atoms with Gasteiger partial charge in [-0.15, -0.1) is 0 Å². The summed E-state index contributed by atoms with van der Waals surface area (Å²) in [5, 5.41) is 12.1. The van der Waals surface area contributed by atoms with Crippen LogP contribution in [0.4, 0.5) is 0 Å². The van der Waals surface area contributed by atoms with Crippen LogP contribution in [0.5, 0.6) is 0 Å². The molecule has 4 nitrogen and oxygen atoms in total. The minimum Gasteiger partial charge on any atom is -0.391 e. The lowest BCUT2D eigenvalue weighted by atomic mass is 9.95. The van der Waals surface area contributed by atoms with Crippen LogP contribution in [0.1, 0.15) is 32.6 Å². The van der Waals surface area contributed by atoms with Crippen LogP contribution >= 0.6 is 0 Å². The van der Waals surface area contributed by atoms with Crippen molar-refractivity contribution in [3.63, 3.8) is 0 Å². The highest BCUT2D eigenvalue weighted by Gasteiger charge is 2.31. The molecule has 1 saturated carbocycles. The lowest BCUT2D eigenvalue weighted by molar-refractivity contribution is -0.126. The number of hydrogen-bond acceptors (Lipinski definition) is 3. The number of aliphatic hydroxyl groups excluding tert-OH is 1. The summed E-state index contributed by atoms with van der Waals surface area (Å²) in [6, 6.07) is 0. The van der Waals surface area contributed by atoms with Crippen LogP contribution in [0.2, 0.25) is 0 Å². The fraction of sp³-hybridized carbons (Fsp3) is 0.909. The fourth-order valence-electron chi connectivity index (χ4n) is 2.16. The maximum Gasteiger partial charge on any atom is 0.223 e. The van der Waals surface area contributed by atoms with Crippen molar-refractivity contribution in [3.8, 4) is 0 Å². The first kappa shape index (κ1) is 12.5. The molecule has 0 saturated heterocycles. The lowest BCUT2D eigenvalue weighted by Crippen LogP contribution is -2.38. The van der Waals surface area contributed by atoms with Crippen molar-refractivity contribution in [2.45, 2.75) is 38.7 Å². The number of rotatable bonds is 5. The van der Waals surface area contributed by atoms with Gasteiger partial charge in [-0.1, -0.05) is 13.3 Å². The van der Waals surface area contributed by atoms with Crippen LogP contribution in [-0.4, -0.2) is 30.2 Å². The number of amides is 1. The van der Waals surface area contributed by atoms with E-state index in [4.69, 9.17) is 5.73 Å². The molecule has 0 aromatic rings. The van der Waals surface area contributed by atoms with E-state index < -0.39 is 6.10 Å². The zero-order chi connectivity index (χ0) is 11.3. The molecule has 1 rings (SSSR count). The van der Waals surface area contributed by atoms with E-state index in [1.54, 1.807) is 0 Å². The maximum absolute atomic E-state index is 11.8. The van der Waals surface area contributed by atoms with Crippen LogP contribution in [0.3, 0.4) is 0 Å². The van der Waals surface area contributed by atoms with Gasteiger partial charge in [0.1, 0.15) is 0 Å². The van der Waals surface area contributed by atoms with Gasteiger partial charge in [-0.05, 0) is 31.7 Å². The third kappa shape index (κ3) is 3.47. The SMILES string of the molecule is CCC(O)CNC(=O)C1CCCC1CN.